The first kappa shape index (κ1) is 9.95. The van der Waals surface area contributed by atoms with Crippen LogP contribution in [0.15, 0.2) is 18.2 Å². The minimum absolute atomic E-state index is 0.347. The number of aromatic hydroxyl groups is 1. The number of phenolic OH excluding ortho intramolecular Hbond substituents is 1. The SMILES string of the molecule is NCCC(O)c1ccc(F)c(O)c1. The first-order chi connectivity index (χ1) is 6.15. The van der Waals surface area contributed by atoms with Gasteiger partial charge < -0.3 is 15.9 Å². The molecule has 0 aliphatic rings. The Balaban J connectivity index is 2.84. The molecule has 0 heterocycles. The molecular formula is C9H12FNO2. The highest BCUT2D eigenvalue weighted by Gasteiger charge is 2.08. The standard InChI is InChI=1S/C9H12FNO2/c10-7-2-1-6(5-9(7)13)8(12)3-4-11/h1-2,5,8,12-13H,3-4,11H2. The second kappa shape index (κ2) is 4.20. The van der Waals surface area contributed by atoms with Crippen molar-refractivity contribution in [2.75, 3.05) is 6.54 Å². The number of aliphatic hydroxyl groups is 1. The van der Waals surface area contributed by atoms with Crippen LogP contribution < -0.4 is 5.73 Å². The van der Waals surface area contributed by atoms with Crippen LogP contribution in [0, 0.1) is 5.82 Å². The van der Waals surface area contributed by atoms with Crippen LogP contribution in [0.4, 0.5) is 4.39 Å². The van der Waals surface area contributed by atoms with E-state index in [1.54, 1.807) is 0 Å². The molecule has 0 spiro atoms. The first-order valence-electron chi connectivity index (χ1n) is 4.01. The Kier molecular flexibility index (Phi) is 3.22. The summed E-state index contributed by atoms with van der Waals surface area (Å²) in [5.41, 5.74) is 5.71. The van der Waals surface area contributed by atoms with Gasteiger partial charge in [0.2, 0.25) is 0 Å². The highest BCUT2D eigenvalue weighted by Crippen LogP contribution is 2.22. The quantitative estimate of drug-likeness (QED) is 0.655. The lowest BCUT2D eigenvalue weighted by molar-refractivity contribution is 0.170. The summed E-state index contributed by atoms with van der Waals surface area (Å²) in [6.45, 7) is 0.347. The summed E-state index contributed by atoms with van der Waals surface area (Å²) in [4.78, 5) is 0. The lowest BCUT2D eigenvalue weighted by Gasteiger charge is -2.09. The second-order valence-corrected chi connectivity index (χ2v) is 2.80. The van der Waals surface area contributed by atoms with Crippen LogP contribution in [-0.2, 0) is 0 Å². The zero-order valence-electron chi connectivity index (χ0n) is 7.07. The Labute approximate surface area is 75.6 Å². The van der Waals surface area contributed by atoms with Crippen molar-refractivity contribution in [3.63, 3.8) is 0 Å². The Bertz CT molecular complexity index is 291. The third kappa shape index (κ3) is 2.40. The molecule has 0 saturated carbocycles. The number of hydrogen-bond acceptors (Lipinski definition) is 3. The molecule has 1 unspecified atom stereocenters. The maximum atomic E-state index is 12.6. The average molecular weight is 185 g/mol. The van der Waals surface area contributed by atoms with Crippen LogP contribution >= 0.6 is 0 Å². The molecule has 1 atom stereocenters. The van der Waals surface area contributed by atoms with E-state index in [-0.39, 0.29) is 0 Å². The smallest absolute Gasteiger partial charge is 0.164 e. The average Bonchev–Trinajstić information content (AvgIpc) is 2.10. The summed E-state index contributed by atoms with van der Waals surface area (Å²) in [6.07, 6.45) is -0.345. The zero-order valence-corrected chi connectivity index (χ0v) is 7.07. The predicted octanol–water partition coefficient (Wildman–Crippen LogP) is 0.914. The fourth-order valence-corrected chi connectivity index (χ4v) is 1.06. The molecule has 72 valence electrons. The van der Waals surface area contributed by atoms with E-state index in [0.717, 1.165) is 6.07 Å². The molecule has 0 aliphatic carbocycles. The molecule has 0 aliphatic heterocycles. The van der Waals surface area contributed by atoms with Crippen LogP contribution in [0.25, 0.3) is 0 Å². The highest BCUT2D eigenvalue weighted by molar-refractivity contribution is 5.30. The van der Waals surface area contributed by atoms with Crippen molar-refractivity contribution in [1.82, 2.24) is 0 Å². The Morgan fingerprint density at radius 2 is 2.15 bits per heavy atom. The van der Waals surface area contributed by atoms with Crippen molar-refractivity contribution >= 4 is 0 Å². The lowest BCUT2D eigenvalue weighted by Crippen LogP contribution is -2.06. The van der Waals surface area contributed by atoms with Crippen molar-refractivity contribution in [1.29, 1.82) is 0 Å². The van der Waals surface area contributed by atoms with Gasteiger partial charge in [0.25, 0.3) is 0 Å². The molecule has 0 saturated heterocycles. The van der Waals surface area contributed by atoms with E-state index < -0.39 is 17.7 Å². The molecular weight excluding hydrogens is 173 g/mol. The number of nitrogens with two attached hydrogens (primary N) is 1. The van der Waals surface area contributed by atoms with Gasteiger partial charge >= 0.3 is 0 Å². The van der Waals surface area contributed by atoms with Crippen LogP contribution in [0.3, 0.4) is 0 Å². The van der Waals surface area contributed by atoms with Gasteiger partial charge in [0.05, 0.1) is 6.10 Å². The number of aliphatic hydroxyl groups excluding tert-OH is 1. The number of phenols is 1. The van der Waals surface area contributed by atoms with Crippen molar-refractivity contribution in [3.8, 4) is 5.75 Å². The van der Waals surface area contributed by atoms with Gasteiger partial charge in [0.15, 0.2) is 11.6 Å². The molecule has 0 bridgehead atoms. The first-order valence-corrected chi connectivity index (χ1v) is 4.01. The van der Waals surface area contributed by atoms with Crippen molar-refractivity contribution in [2.45, 2.75) is 12.5 Å². The van der Waals surface area contributed by atoms with Crippen LogP contribution in [0.5, 0.6) is 5.75 Å². The van der Waals surface area contributed by atoms with Gasteiger partial charge in [0.1, 0.15) is 0 Å². The van der Waals surface area contributed by atoms with E-state index in [4.69, 9.17) is 10.8 Å². The highest BCUT2D eigenvalue weighted by atomic mass is 19.1. The molecule has 3 nitrogen and oxygen atoms in total. The van der Waals surface area contributed by atoms with Gasteiger partial charge in [-0.15, -0.1) is 0 Å². The molecule has 1 aromatic carbocycles. The molecule has 0 aromatic heterocycles. The van der Waals surface area contributed by atoms with Crippen molar-refractivity contribution < 1.29 is 14.6 Å². The number of hydrogen-bond donors (Lipinski definition) is 3. The summed E-state index contributed by atoms with van der Waals surface area (Å²) in [5.74, 6) is -1.14. The number of rotatable bonds is 3. The second-order valence-electron chi connectivity index (χ2n) is 2.80. The summed E-state index contributed by atoms with van der Waals surface area (Å²) < 4.78 is 12.6. The molecule has 4 N–H and O–H groups in total. The van der Waals surface area contributed by atoms with E-state index in [2.05, 4.69) is 0 Å². The monoisotopic (exact) mass is 185 g/mol. The van der Waals surface area contributed by atoms with Crippen molar-refractivity contribution in [3.05, 3.63) is 29.6 Å². The van der Waals surface area contributed by atoms with Gasteiger partial charge in [0, 0.05) is 0 Å². The number of halogens is 1. The van der Waals surface area contributed by atoms with E-state index in [1.165, 1.54) is 12.1 Å². The summed E-state index contributed by atoms with van der Waals surface area (Å²) in [7, 11) is 0. The van der Waals surface area contributed by atoms with E-state index >= 15 is 0 Å². The molecule has 1 rings (SSSR count). The van der Waals surface area contributed by atoms with Gasteiger partial charge in [-0.2, -0.15) is 0 Å². The molecule has 1 aromatic rings. The third-order valence-corrected chi connectivity index (χ3v) is 1.80. The normalized spacial score (nSPS) is 12.8. The fourth-order valence-electron chi connectivity index (χ4n) is 1.06. The van der Waals surface area contributed by atoms with Gasteiger partial charge in [-0.1, -0.05) is 6.07 Å². The van der Waals surface area contributed by atoms with E-state index in [9.17, 15) is 9.50 Å². The Morgan fingerprint density at radius 1 is 1.46 bits per heavy atom. The predicted molar refractivity (Wildman–Crippen MR) is 46.7 cm³/mol. The summed E-state index contributed by atoms with van der Waals surface area (Å²) >= 11 is 0. The summed E-state index contributed by atoms with van der Waals surface area (Å²) in [5, 5.41) is 18.4. The molecule has 0 amide bonds. The molecule has 0 fully saturated rings. The third-order valence-electron chi connectivity index (χ3n) is 1.80. The van der Waals surface area contributed by atoms with Gasteiger partial charge in [-0.05, 0) is 30.7 Å². The molecule has 4 heteroatoms. The van der Waals surface area contributed by atoms with Gasteiger partial charge in [-0.25, -0.2) is 4.39 Å². The van der Waals surface area contributed by atoms with E-state index in [1.807, 2.05) is 0 Å². The maximum Gasteiger partial charge on any atom is 0.164 e. The summed E-state index contributed by atoms with van der Waals surface area (Å²) in [6, 6.07) is 3.75. The number of benzene rings is 1. The largest absolute Gasteiger partial charge is 0.505 e. The Hall–Kier alpha value is -1.13. The Morgan fingerprint density at radius 3 is 2.69 bits per heavy atom. The molecule has 0 radical (unpaired) electrons. The minimum Gasteiger partial charge on any atom is -0.505 e. The van der Waals surface area contributed by atoms with Crippen molar-refractivity contribution in [2.24, 2.45) is 5.73 Å². The maximum absolute atomic E-state index is 12.6. The molecule has 13 heavy (non-hydrogen) atoms. The minimum atomic E-state index is -0.739. The topological polar surface area (TPSA) is 66.5 Å². The zero-order chi connectivity index (χ0) is 9.84. The fraction of sp³-hybridized carbons (Fsp3) is 0.333. The van der Waals surface area contributed by atoms with E-state index in [0.29, 0.717) is 18.5 Å². The van der Waals surface area contributed by atoms with Crippen LogP contribution in [-0.4, -0.2) is 16.8 Å². The van der Waals surface area contributed by atoms with Crippen LogP contribution in [0.1, 0.15) is 18.1 Å². The van der Waals surface area contributed by atoms with Gasteiger partial charge in [-0.3, -0.25) is 0 Å². The lowest BCUT2D eigenvalue weighted by atomic mass is 10.1. The van der Waals surface area contributed by atoms with Crippen LogP contribution in [0.2, 0.25) is 0 Å².